The molecule has 2 aliphatic heterocycles. The van der Waals surface area contributed by atoms with Crippen LogP contribution in [0.25, 0.3) is 10.8 Å². The highest BCUT2D eigenvalue weighted by molar-refractivity contribution is 9.15. The van der Waals surface area contributed by atoms with E-state index in [0.29, 0.717) is 15.9 Å². The van der Waals surface area contributed by atoms with Crippen LogP contribution in [0.4, 0.5) is 11.4 Å². The van der Waals surface area contributed by atoms with E-state index in [0.717, 1.165) is 54.5 Å². The van der Waals surface area contributed by atoms with Crippen LogP contribution in [-0.2, 0) is 0 Å². The van der Waals surface area contributed by atoms with Gasteiger partial charge in [-0.2, -0.15) is 0 Å². The third-order valence-electron chi connectivity index (χ3n) is 4.67. The van der Waals surface area contributed by atoms with Gasteiger partial charge in [0.15, 0.2) is 0 Å². The summed E-state index contributed by atoms with van der Waals surface area (Å²) in [4.78, 5) is 20.1. The molecule has 2 heterocycles. The number of hydrogen-bond acceptors (Lipinski definition) is 2. The van der Waals surface area contributed by atoms with Crippen LogP contribution in [0.5, 0.6) is 0 Å². The van der Waals surface area contributed by atoms with Crippen LogP contribution in [0.1, 0.15) is 15.9 Å². The van der Waals surface area contributed by atoms with Crippen molar-refractivity contribution in [3.63, 3.8) is 0 Å². The number of fused-ring (bicyclic) bond motifs is 4. The lowest BCUT2D eigenvalue weighted by Gasteiger charge is -2.26. The van der Waals surface area contributed by atoms with Crippen LogP contribution in [0, 0.1) is 0 Å². The maximum absolute atomic E-state index is 13.5. The number of rotatable bonds is 0. The van der Waals surface area contributed by atoms with Crippen LogP contribution in [-0.4, -0.2) is 11.7 Å². The van der Waals surface area contributed by atoms with Crippen molar-refractivity contribution in [3.8, 4) is 0 Å². The van der Waals surface area contributed by atoms with Crippen LogP contribution in [0.3, 0.4) is 0 Å². The molecule has 10 heteroatoms. The number of hydrogen-bond donors (Lipinski definition) is 0. The molecule has 3 nitrogen and oxygen atoms in total. The molecular weight excluding hydrogens is 820 g/mol. The number of amidine groups is 1. The number of carbonyl (C=O) groups is 1. The fourth-order valence-corrected chi connectivity index (χ4v) is 8.24. The van der Waals surface area contributed by atoms with Gasteiger partial charge in [-0.15, -0.1) is 0 Å². The fraction of sp³-hybridized carbons (Fsp3) is 0. The van der Waals surface area contributed by atoms with Crippen molar-refractivity contribution < 1.29 is 4.79 Å². The zero-order valence-corrected chi connectivity index (χ0v) is 24.3. The lowest BCUT2D eigenvalue weighted by atomic mass is 10.0. The summed E-state index contributed by atoms with van der Waals surface area (Å²) in [6.45, 7) is 0. The van der Waals surface area contributed by atoms with Gasteiger partial charge in [0.25, 0.3) is 5.91 Å². The molecule has 140 valence electrons. The summed E-state index contributed by atoms with van der Waals surface area (Å²) in [7, 11) is 0. The quantitative estimate of drug-likeness (QED) is 0.165. The van der Waals surface area contributed by atoms with Gasteiger partial charge >= 0.3 is 0 Å². The fourth-order valence-electron chi connectivity index (χ4n) is 3.50. The number of nitrogens with zero attached hydrogens (tertiary/aromatic N) is 2. The molecule has 0 aliphatic carbocycles. The first kappa shape index (κ1) is 20.3. The second-order valence-electron chi connectivity index (χ2n) is 6.09. The molecule has 0 fully saturated rings. The normalized spacial score (nSPS) is 14.5. The first-order chi connectivity index (χ1) is 13.2. The Kier molecular flexibility index (Phi) is 5.06. The van der Waals surface area contributed by atoms with E-state index in [1.54, 1.807) is 4.90 Å². The highest BCUT2D eigenvalue weighted by atomic mass is 79.9. The largest absolute Gasteiger partial charge is 0.268 e. The molecule has 0 unspecified atom stereocenters. The highest BCUT2D eigenvalue weighted by Gasteiger charge is 2.43. The molecular formula is C18H3Br7N2O. The van der Waals surface area contributed by atoms with Gasteiger partial charge < -0.3 is 0 Å². The van der Waals surface area contributed by atoms with Gasteiger partial charge in [-0.3, -0.25) is 9.69 Å². The van der Waals surface area contributed by atoms with Crippen LogP contribution >= 0.6 is 112 Å². The molecule has 0 spiro atoms. The molecule has 3 aromatic rings. The van der Waals surface area contributed by atoms with Crippen molar-refractivity contribution in [1.82, 2.24) is 0 Å². The molecule has 3 aromatic carbocycles. The molecule has 28 heavy (non-hydrogen) atoms. The molecule has 0 atom stereocenters. The van der Waals surface area contributed by atoms with E-state index in [1.807, 2.05) is 18.2 Å². The molecule has 0 saturated heterocycles. The minimum absolute atomic E-state index is 0.125. The van der Waals surface area contributed by atoms with Crippen molar-refractivity contribution in [2.24, 2.45) is 4.99 Å². The van der Waals surface area contributed by atoms with Gasteiger partial charge in [0.2, 0.25) is 0 Å². The predicted octanol–water partition coefficient (Wildman–Crippen LogP) is 9.23. The van der Waals surface area contributed by atoms with E-state index in [2.05, 4.69) is 112 Å². The molecule has 0 radical (unpaired) electrons. The SMILES string of the molecule is O=C1c2c(Br)c(Br)c(Br)c(Br)c2C2=Nc3c(Br)cc(Br)c4c(Br)ccc(c34)N12. The van der Waals surface area contributed by atoms with E-state index in [4.69, 9.17) is 4.99 Å². The second-order valence-corrected chi connectivity index (χ2v) is 11.8. The van der Waals surface area contributed by atoms with Crippen molar-refractivity contribution in [2.45, 2.75) is 0 Å². The Balaban J connectivity index is 1.97. The topological polar surface area (TPSA) is 32.7 Å². The second kappa shape index (κ2) is 6.97. The number of halogens is 7. The minimum Gasteiger partial charge on any atom is -0.268 e. The van der Waals surface area contributed by atoms with Crippen molar-refractivity contribution >= 4 is 145 Å². The molecule has 5 rings (SSSR count). The Hall–Kier alpha value is 0.420. The predicted molar refractivity (Wildman–Crippen MR) is 137 cm³/mol. The molecule has 0 bridgehead atoms. The molecule has 0 aromatic heterocycles. The van der Waals surface area contributed by atoms with Crippen molar-refractivity contribution in [2.75, 3.05) is 4.90 Å². The standard InChI is InChI=1S/C18H3Br7N2O/c19-4-1-2-7-9-8(4)5(20)3-6(21)16(9)26-17-10-11(18(28)27(7)17)13(23)15(25)14(24)12(10)22/h1-3H. The average Bonchev–Trinajstić information content (AvgIpc) is 2.95. The van der Waals surface area contributed by atoms with Crippen LogP contribution in [0.2, 0.25) is 0 Å². The van der Waals surface area contributed by atoms with Gasteiger partial charge in [-0.05, 0) is 97.8 Å². The van der Waals surface area contributed by atoms with Gasteiger partial charge in [0.1, 0.15) is 5.84 Å². The van der Waals surface area contributed by atoms with Crippen molar-refractivity contribution in [1.29, 1.82) is 0 Å². The maximum atomic E-state index is 13.5. The van der Waals surface area contributed by atoms with Gasteiger partial charge in [0.05, 0.1) is 16.9 Å². The third-order valence-corrected chi connectivity index (χ3v) is 11.3. The lowest BCUT2D eigenvalue weighted by molar-refractivity contribution is 0.101. The first-order valence-electron chi connectivity index (χ1n) is 7.63. The Morgan fingerprint density at radius 3 is 2.04 bits per heavy atom. The Labute approximate surface area is 218 Å². The van der Waals surface area contributed by atoms with E-state index in [9.17, 15) is 4.79 Å². The summed E-state index contributed by atoms with van der Waals surface area (Å²) >= 11 is 25.2. The van der Waals surface area contributed by atoms with Crippen molar-refractivity contribution in [3.05, 3.63) is 60.6 Å². The summed E-state index contributed by atoms with van der Waals surface area (Å²) in [6.07, 6.45) is 0. The van der Waals surface area contributed by atoms with Gasteiger partial charge in [-0.1, -0.05) is 31.9 Å². The smallest absolute Gasteiger partial charge is 0.266 e. The van der Waals surface area contributed by atoms with Crippen LogP contribution in [0.15, 0.2) is 54.5 Å². The Morgan fingerprint density at radius 2 is 1.36 bits per heavy atom. The number of anilines is 1. The first-order valence-corrected chi connectivity index (χ1v) is 13.2. The maximum Gasteiger partial charge on any atom is 0.266 e. The summed E-state index contributed by atoms with van der Waals surface area (Å²) in [5.74, 6) is 0.472. The number of carbonyl (C=O) groups excluding carboxylic acids is 1. The highest BCUT2D eigenvalue weighted by Crippen LogP contribution is 2.53. The van der Waals surface area contributed by atoms with E-state index in [-0.39, 0.29) is 5.91 Å². The van der Waals surface area contributed by atoms with Crippen LogP contribution < -0.4 is 4.90 Å². The summed E-state index contributed by atoms with van der Waals surface area (Å²) in [6, 6.07) is 5.88. The zero-order chi connectivity index (χ0) is 20.1. The lowest BCUT2D eigenvalue weighted by Crippen LogP contribution is -2.31. The monoisotopic (exact) mass is 815 g/mol. The molecule has 0 N–H and O–H groups in total. The van der Waals surface area contributed by atoms with E-state index >= 15 is 0 Å². The van der Waals surface area contributed by atoms with E-state index in [1.165, 1.54) is 0 Å². The van der Waals surface area contributed by atoms with Gasteiger partial charge in [-0.25, -0.2) is 4.99 Å². The number of aliphatic imine (C=N–C) groups is 1. The number of amides is 1. The van der Waals surface area contributed by atoms with E-state index < -0.39 is 0 Å². The summed E-state index contributed by atoms with van der Waals surface area (Å²) in [5.41, 5.74) is 2.92. The number of benzene rings is 3. The average molecular weight is 823 g/mol. The molecule has 0 saturated carbocycles. The molecule has 2 aliphatic rings. The summed E-state index contributed by atoms with van der Waals surface area (Å²) in [5, 5.41) is 1.88. The third kappa shape index (κ3) is 2.58. The Bertz CT molecular complexity index is 1320. The Morgan fingerprint density at radius 1 is 0.714 bits per heavy atom. The molecule has 1 amide bonds. The minimum atomic E-state index is -0.125. The summed E-state index contributed by atoms with van der Waals surface area (Å²) < 4.78 is 5.76. The van der Waals surface area contributed by atoms with Gasteiger partial charge in [0, 0.05) is 47.6 Å². The zero-order valence-electron chi connectivity index (χ0n) is 13.2.